The molecule has 12 rings (SSSR count). The van der Waals surface area contributed by atoms with Gasteiger partial charge in [-0.05, 0) is 104 Å². The fourth-order valence-corrected chi connectivity index (χ4v) is 11.3. The van der Waals surface area contributed by atoms with E-state index in [4.69, 9.17) is 0 Å². The molecule has 0 atom stereocenters. The highest BCUT2D eigenvalue weighted by Crippen LogP contribution is 2.48. The largest absolute Gasteiger partial charge is 0.310 e. The molecule has 0 bridgehead atoms. The van der Waals surface area contributed by atoms with Crippen molar-refractivity contribution in [3.05, 3.63) is 212 Å². The van der Waals surface area contributed by atoms with Crippen molar-refractivity contribution in [2.45, 2.75) is 0 Å². The fraction of sp³-hybridized carbons (Fsp3) is 0. The van der Waals surface area contributed by atoms with Gasteiger partial charge in [0.05, 0.1) is 5.69 Å². The first-order valence-electron chi connectivity index (χ1n) is 20.1. The third kappa shape index (κ3) is 5.73. The topological polar surface area (TPSA) is 3.24 Å². The van der Waals surface area contributed by atoms with Crippen LogP contribution in [0.3, 0.4) is 0 Å². The molecule has 3 heteroatoms. The number of thiophene rings is 2. The first-order valence-corrected chi connectivity index (χ1v) is 21.7. The molecule has 2 heterocycles. The molecule has 0 aliphatic carbocycles. The van der Waals surface area contributed by atoms with E-state index in [-0.39, 0.29) is 0 Å². The van der Waals surface area contributed by atoms with Crippen LogP contribution >= 0.6 is 22.7 Å². The van der Waals surface area contributed by atoms with E-state index in [9.17, 15) is 0 Å². The van der Waals surface area contributed by atoms with Gasteiger partial charge in [-0.15, -0.1) is 22.7 Å². The second-order valence-corrected chi connectivity index (χ2v) is 17.4. The van der Waals surface area contributed by atoms with E-state index in [2.05, 4.69) is 217 Å². The van der Waals surface area contributed by atoms with Crippen molar-refractivity contribution in [2.24, 2.45) is 0 Å². The third-order valence-electron chi connectivity index (χ3n) is 11.9. The average molecular weight is 786 g/mol. The molecule has 0 N–H and O–H groups in total. The zero-order chi connectivity index (χ0) is 38.9. The Morgan fingerprint density at radius 3 is 1.66 bits per heavy atom. The zero-order valence-corrected chi connectivity index (χ0v) is 33.6. The lowest BCUT2D eigenvalue weighted by atomic mass is 9.90. The molecule has 0 aliphatic heterocycles. The summed E-state index contributed by atoms with van der Waals surface area (Å²) in [4.78, 5) is 2.49. The molecule has 0 saturated heterocycles. The smallest absolute Gasteiger partial charge is 0.0546 e. The predicted octanol–water partition coefficient (Wildman–Crippen LogP) is 17.2. The SMILES string of the molecule is c1ccc(-c2ccc(-c3c(-c4ccc5sc6ccccc6c5c4)cccc3N(c3ccc4c(ccc5ccccc54)c3)c3ccc4c(c3)sc3ccccc34)cc2)cc1. The average Bonchev–Trinajstić information content (AvgIpc) is 3.87. The Hall–Kier alpha value is -7.04. The van der Waals surface area contributed by atoms with E-state index in [0.717, 1.165) is 17.1 Å². The first-order chi connectivity index (χ1) is 29.2. The monoisotopic (exact) mass is 785 g/mol. The van der Waals surface area contributed by atoms with Gasteiger partial charge in [-0.3, -0.25) is 0 Å². The van der Waals surface area contributed by atoms with Crippen LogP contribution in [0, 0.1) is 0 Å². The molecule has 276 valence electrons. The third-order valence-corrected chi connectivity index (χ3v) is 14.1. The van der Waals surface area contributed by atoms with Gasteiger partial charge in [-0.1, -0.05) is 158 Å². The van der Waals surface area contributed by atoms with Crippen LogP contribution < -0.4 is 4.90 Å². The van der Waals surface area contributed by atoms with Gasteiger partial charge in [0.15, 0.2) is 0 Å². The van der Waals surface area contributed by atoms with Crippen LogP contribution in [0.2, 0.25) is 0 Å². The Morgan fingerprint density at radius 2 is 0.847 bits per heavy atom. The summed E-state index contributed by atoms with van der Waals surface area (Å²) in [5.41, 5.74) is 10.6. The molecule has 12 aromatic rings. The maximum Gasteiger partial charge on any atom is 0.0546 e. The summed E-state index contributed by atoms with van der Waals surface area (Å²) >= 11 is 3.73. The summed E-state index contributed by atoms with van der Waals surface area (Å²) in [7, 11) is 0. The molecule has 0 fully saturated rings. The van der Waals surface area contributed by atoms with E-state index in [1.165, 1.54) is 95.3 Å². The highest BCUT2D eigenvalue weighted by atomic mass is 32.1. The minimum atomic E-state index is 1.12. The van der Waals surface area contributed by atoms with Crippen molar-refractivity contribution < 1.29 is 0 Å². The summed E-state index contributed by atoms with van der Waals surface area (Å²) in [5, 5.41) is 10.2. The number of nitrogens with zero attached hydrogens (tertiary/aromatic N) is 1. The van der Waals surface area contributed by atoms with Crippen molar-refractivity contribution in [1.29, 1.82) is 0 Å². The number of hydrogen-bond acceptors (Lipinski definition) is 3. The molecule has 0 radical (unpaired) electrons. The molecule has 0 amide bonds. The van der Waals surface area contributed by atoms with Crippen molar-refractivity contribution in [1.82, 2.24) is 0 Å². The Bertz CT molecular complexity index is 3560. The van der Waals surface area contributed by atoms with Crippen LogP contribution in [0.15, 0.2) is 212 Å². The van der Waals surface area contributed by atoms with Crippen LogP contribution in [-0.2, 0) is 0 Å². The molecular weight excluding hydrogens is 751 g/mol. The number of fused-ring (bicyclic) bond motifs is 9. The Kier molecular flexibility index (Phi) is 7.97. The second kappa shape index (κ2) is 13.8. The summed E-state index contributed by atoms with van der Waals surface area (Å²) in [6.45, 7) is 0. The van der Waals surface area contributed by atoms with Crippen molar-refractivity contribution >= 4 is 102 Å². The van der Waals surface area contributed by atoms with Gasteiger partial charge >= 0.3 is 0 Å². The first kappa shape index (κ1) is 34.0. The number of benzene rings is 10. The van der Waals surface area contributed by atoms with Gasteiger partial charge < -0.3 is 4.90 Å². The van der Waals surface area contributed by atoms with E-state index in [0.29, 0.717) is 0 Å². The zero-order valence-electron chi connectivity index (χ0n) is 32.0. The standard InChI is InChI=1S/C56H35NS2/c1-2-11-36(12-3-1)37-21-24-39(25-22-37)56-46(41-27-32-54-50(34-41)48-16-7-9-20-53(48)58-54)17-10-18-51(56)57(43-29-31-49-47-15-6-8-19-52(47)59-55(49)35-43)42-28-30-45-40(33-42)26-23-38-13-4-5-14-44(38)45/h1-35H. The maximum absolute atomic E-state index is 2.49. The van der Waals surface area contributed by atoms with E-state index in [1.54, 1.807) is 0 Å². The molecule has 0 unspecified atom stereocenters. The molecular formula is C56H35NS2. The van der Waals surface area contributed by atoms with Crippen molar-refractivity contribution in [3.63, 3.8) is 0 Å². The minimum absolute atomic E-state index is 1.12. The summed E-state index contributed by atoms with van der Waals surface area (Å²) in [5.74, 6) is 0. The van der Waals surface area contributed by atoms with Gasteiger partial charge in [0.1, 0.15) is 0 Å². The lowest BCUT2D eigenvalue weighted by Gasteiger charge is -2.30. The van der Waals surface area contributed by atoms with Crippen LogP contribution in [0.1, 0.15) is 0 Å². The summed E-state index contributed by atoms with van der Waals surface area (Å²) < 4.78 is 5.21. The summed E-state index contributed by atoms with van der Waals surface area (Å²) in [6, 6.07) is 78.5. The van der Waals surface area contributed by atoms with Gasteiger partial charge in [-0.25, -0.2) is 0 Å². The van der Waals surface area contributed by atoms with E-state index >= 15 is 0 Å². The molecule has 1 nitrogen and oxygen atoms in total. The van der Waals surface area contributed by atoms with Gasteiger partial charge in [0.2, 0.25) is 0 Å². The molecule has 0 spiro atoms. The normalized spacial score (nSPS) is 11.7. The number of anilines is 3. The van der Waals surface area contributed by atoms with Gasteiger partial charge in [0, 0.05) is 57.3 Å². The van der Waals surface area contributed by atoms with E-state index in [1.807, 2.05) is 22.7 Å². The van der Waals surface area contributed by atoms with E-state index < -0.39 is 0 Å². The Labute approximate surface area is 350 Å². The number of rotatable bonds is 6. The lowest BCUT2D eigenvalue weighted by Crippen LogP contribution is -2.11. The Morgan fingerprint density at radius 1 is 0.288 bits per heavy atom. The minimum Gasteiger partial charge on any atom is -0.310 e. The summed E-state index contributed by atoms with van der Waals surface area (Å²) in [6.07, 6.45) is 0. The molecule has 59 heavy (non-hydrogen) atoms. The van der Waals surface area contributed by atoms with Crippen molar-refractivity contribution in [3.8, 4) is 33.4 Å². The molecule has 0 saturated carbocycles. The molecule has 0 aliphatic rings. The molecule has 2 aromatic heterocycles. The van der Waals surface area contributed by atoms with Crippen LogP contribution in [0.5, 0.6) is 0 Å². The maximum atomic E-state index is 2.49. The second-order valence-electron chi connectivity index (χ2n) is 15.3. The fourth-order valence-electron chi connectivity index (χ4n) is 9.04. The number of hydrogen-bond donors (Lipinski definition) is 0. The quantitative estimate of drug-likeness (QED) is 0.152. The van der Waals surface area contributed by atoms with Crippen molar-refractivity contribution in [2.75, 3.05) is 4.90 Å². The Balaban J connectivity index is 1.13. The van der Waals surface area contributed by atoms with Crippen LogP contribution in [0.4, 0.5) is 17.1 Å². The van der Waals surface area contributed by atoms with Crippen LogP contribution in [-0.4, -0.2) is 0 Å². The lowest BCUT2D eigenvalue weighted by molar-refractivity contribution is 1.30. The predicted molar refractivity (Wildman–Crippen MR) is 258 cm³/mol. The highest BCUT2D eigenvalue weighted by Gasteiger charge is 2.23. The van der Waals surface area contributed by atoms with Gasteiger partial charge in [-0.2, -0.15) is 0 Å². The van der Waals surface area contributed by atoms with Crippen LogP contribution in [0.25, 0.3) is 95.3 Å². The highest BCUT2D eigenvalue weighted by molar-refractivity contribution is 7.26. The molecule has 10 aromatic carbocycles. The van der Waals surface area contributed by atoms with Gasteiger partial charge in [0.25, 0.3) is 0 Å².